The lowest BCUT2D eigenvalue weighted by atomic mass is 9.94. The number of carboxylic acid groups (broad SMARTS) is 1. The number of carboxylic acids is 1. The minimum atomic E-state index is -4.58. The molecule has 170 valence electrons. The molecule has 0 amide bonds. The fraction of sp³-hybridized carbons (Fsp3) is 0.280. The second kappa shape index (κ2) is 7.86. The van der Waals surface area contributed by atoms with Gasteiger partial charge < -0.3 is 9.84 Å². The minimum Gasteiger partial charge on any atom is -0.486 e. The van der Waals surface area contributed by atoms with E-state index in [4.69, 9.17) is 9.84 Å². The Bertz CT molecular complexity index is 1220. The lowest BCUT2D eigenvalue weighted by molar-refractivity contribution is -0.139. The standard InChI is InChI=1S/C25H19F4NO3/c26-21-7-5-15(16-9-10-30-12-20(16)25(27,28)29)17-6-8-22(23(17)21)33-14-3-1-13(2-4-14)18-11-19(18)24(31)32/h1-5,7,9-10,12,18-19,22H,6,8,11H2,(H,31,32)/t18-,19+,22-/m1/s1. The number of alkyl halides is 3. The Balaban J connectivity index is 1.43. The van der Waals surface area contributed by atoms with E-state index < -0.39 is 29.6 Å². The van der Waals surface area contributed by atoms with Gasteiger partial charge in [0.05, 0.1) is 11.5 Å². The maximum absolute atomic E-state index is 14.8. The quantitative estimate of drug-likeness (QED) is 0.466. The molecule has 0 saturated heterocycles. The molecule has 33 heavy (non-hydrogen) atoms. The van der Waals surface area contributed by atoms with Crippen LogP contribution in [0.15, 0.2) is 54.9 Å². The van der Waals surface area contributed by atoms with E-state index in [0.29, 0.717) is 36.1 Å². The molecule has 5 rings (SSSR count). The van der Waals surface area contributed by atoms with E-state index in [-0.39, 0.29) is 23.0 Å². The maximum atomic E-state index is 14.8. The predicted molar refractivity (Wildman–Crippen MR) is 111 cm³/mol. The van der Waals surface area contributed by atoms with Gasteiger partial charge in [-0.2, -0.15) is 13.2 Å². The molecule has 3 atom stereocenters. The molecule has 0 bridgehead atoms. The molecule has 2 aliphatic carbocycles. The Hall–Kier alpha value is -3.42. The Morgan fingerprint density at radius 3 is 2.48 bits per heavy atom. The molecule has 1 fully saturated rings. The summed E-state index contributed by atoms with van der Waals surface area (Å²) in [6, 6.07) is 10.9. The molecular weight excluding hydrogens is 438 g/mol. The van der Waals surface area contributed by atoms with Crippen molar-refractivity contribution in [1.82, 2.24) is 4.98 Å². The van der Waals surface area contributed by atoms with Crippen LogP contribution in [0.1, 0.15) is 47.1 Å². The first-order valence-electron chi connectivity index (χ1n) is 10.6. The van der Waals surface area contributed by atoms with Crippen molar-refractivity contribution in [2.24, 2.45) is 5.92 Å². The summed E-state index contributed by atoms with van der Waals surface area (Å²) in [5, 5.41) is 9.09. The van der Waals surface area contributed by atoms with Crippen LogP contribution in [0.5, 0.6) is 5.75 Å². The van der Waals surface area contributed by atoms with Crippen molar-refractivity contribution in [3.8, 4) is 16.9 Å². The number of pyridine rings is 1. The Morgan fingerprint density at radius 1 is 1.06 bits per heavy atom. The van der Waals surface area contributed by atoms with Gasteiger partial charge in [-0.25, -0.2) is 4.39 Å². The van der Waals surface area contributed by atoms with Gasteiger partial charge in [0.15, 0.2) is 0 Å². The molecule has 3 aromatic rings. The zero-order valence-corrected chi connectivity index (χ0v) is 17.3. The van der Waals surface area contributed by atoms with E-state index in [1.54, 1.807) is 24.3 Å². The van der Waals surface area contributed by atoms with E-state index >= 15 is 0 Å². The number of halogens is 4. The normalized spacial score (nSPS) is 21.5. The maximum Gasteiger partial charge on any atom is 0.418 e. The lowest BCUT2D eigenvalue weighted by Gasteiger charge is -2.18. The fourth-order valence-electron chi connectivity index (χ4n) is 4.69. The minimum absolute atomic E-state index is 0.00745. The van der Waals surface area contributed by atoms with Crippen LogP contribution in [0.2, 0.25) is 0 Å². The average molecular weight is 457 g/mol. The molecule has 1 saturated carbocycles. The van der Waals surface area contributed by atoms with Gasteiger partial charge in [-0.3, -0.25) is 9.78 Å². The van der Waals surface area contributed by atoms with Crippen molar-refractivity contribution in [3.05, 3.63) is 82.9 Å². The predicted octanol–water partition coefficient (Wildman–Crippen LogP) is 6.16. The van der Waals surface area contributed by atoms with E-state index in [9.17, 15) is 22.4 Å². The van der Waals surface area contributed by atoms with Gasteiger partial charge in [0.25, 0.3) is 0 Å². The molecule has 0 unspecified atom stereocenters. The first-order valence-corrected chi connectivity index (χ1v) is 10.6. The monoisotopic (exact) mass is 457 g/mol. The van der Waals surface area contributed by atoms with Crippen LogP contribution in [0.25, 0.3) is 11.1 Å². The number of rotatable bonds is 5. The number of carbonyl (C=O) groups is 1. The van der Waals surface area contributed by atoms with Crippen molar-refractivity contribution in [1.29, 1.82) is 0 Å². The van der Waals surface area contributed by atoms with Gasteiger partial charge in [0.1, 0.15) is 17.7 Å². The molecule has 2 aromatic carbocycles. The van der Waals surface area contributed by atoms with Crippen molar-refractivity contribution in [3.63, 3.8) is 0 Å². The van der Waals surface area contributed by atoms with Crippen molar-refractivity contribution in [2.45, 2.75) is 37.5 Å². The van der Waals surface area contributed by atoms with Crippen LogP contribution in [-0.2, 0) is 17.4 Å². The molecule has 0 aliphatic heterocycles. The SMILES string of the molecule is O=C(O)[C@H]1C[C@@H]1c1ccc(O[C@@H]2CCc3c(-c4ccncc4C(F)(F)F)ccc(F)c32)cc1. The van der Waals surface area contributed by atoms with Gasteiger partial charge in [-0.05, 0) is 71.7 Å². The number of aliphatic carboxylic acids is 1. The Kier molecular flexibility index (Phi) is 5.11. The zero-order valence-electron chi connectivity index (χ0n) is 17.3. The summed E-state index contributed by atoms with van der Waals surface area (Å²) < 4.78 is 61.4. The highest BCUT2D eigenvalue weighted by Crippen LogP contribution is 2.48. The van der Waals surface area contributed by atoms with Gasteiger partial charge >= 0.3 is 12.1 Å². The van der Waals surface area contributed by atoms with E-state index in [1.807, 2.05) is 0 Å². The van der Waals surface area contributed by atoms with Crippen LogP contribution in [0.4, 0.5) is 17.6 Å². The van der Waals surface area contributed by atoms with E-state index in [1.165, 1.54) is 24.4 Å². The lowest BCUT2D eigenvalue weighted by Crippen LogP contribution is -2.09. The number of nitrogens with zero attached hydrogens (tertiary/aromatic N) is 1. The van der Waals surface area contributed by atoms with E-state index in [2.05, 4.69) is 4.98 Å². The molecule has 8 heteroatoms. The number of benzene rings is 2. The average Bonchev–Trinajstić information content (AvgIpc) is 3.48. The fourth-order valence-corrected chi connectivity index (χ4v) is 4.69. The number of fused-ring (bicyclic) bond motifs is 1. The summed E-state index contributed by atoms with van der Waals surface area (Å²) in [5.41, 5.74) is 1.13. The highest BCUT2D eigenvalue weighted by molar-refractivity contribution is 5.75. The topological polar surface area (TPSA) is 59.4 Å². The smallest absolute Gasteiger partial charge is 0.418 e. The first kappa shape index (κ1) is 21.4. The number of aromatic nitrogens is 1. The molecule has 0 spiro atoms. The summed E-state index contributed by atoms with van der Waals surface area (Å²) in [7, 11) is 0. The van der Waals surface area contributed by atoms with Crippen LogP contribution in [0.3, 0.4) is 0 Å². The van der Waals surface area contributed by atoms with Crippen LogP contribution in [-0.4, -0.2) is 16.1 Å². The summed E-state index contributed by atoms with van der Waals surface area (Å²) >= 11 is 0. The van der Waals surface area contributed by atoms with Crippen LogP contribution < -0.4 is 4.74 Å². The Labute approximate surface area is 186 Å². The van der Waals surface area contributed by atoms with Crippen LogP contribution in [0, 0.1) is 11.7 Å². The molecule has 1 heterocycles. The second-order valence-corrected chi connectivity index (χ2v) is 8.41. The first-order chi connectivity index (χ1) is 15.7. The third-order valence-electron chi connectivity index (χ3n) is 6.39. The van der Waals surface area contributed by atoms with Gasteiger partial charge in [0.2, 0.25) is 0 Å². The molecule has 1 aromatic heterocycles. The Morgan fingerprint density at radius 2 is 1.82 bits per heavy atom. The molecule has 2 aliphatic rings. The van der Waals surface area contributed by atoms with Crippen molar-refractivity contribution in [2.75, 3.05) is 0 Å². The third-order valence-corrected chi connectivity index (χ3v) is 6.39. The van der Waals surface area contributed by atoms with E-state index in [0.717, 1.165) is 11.8 Å². The molecular formula is C25H19F4NO3. The molecule has 0 radical (unpaired) electrons. The summed E-state index contributed by atoms with van der Waals surface area (Å²) in [4.78, 5) is 14.7. The van der Waals surface area contributed by atoms with Gasteiger partial charge in [0, 0.05) is 18.0 Å². The van der Waals surface area contributed by atoms with Gasteiger partial charge in [-0.15, -0.1) is 0 Å². The third kappa shape index (κ3) is 3.94. The number of hydrogen-bond acceptors (Lipinski definition) is 3. The van der Waals surface area contributed by atoms with Crippen molar-refractivity contribution < 1.29 is 32.2 Å². The highest BCUT2D eigenvalue weighted by atomic mass is 19.4. The number of ether oxygens (including phenoxy) is 1. The number of hydrogen-bond donors (Lipinski definition) is 1. The molecule has 1 N–H and O–H groups in total. The summed E-state index contributed by atoms with van der Waals surface area (Å²) in [6.07, 6.45) is -1.72. The van der Waals surface area contributed by atoms with Gasteiger partial charge in [-0.1, -0.05) is 18.2 Å². The van der Waals surface area contributed by atoms with Crippen molar-refractivity contribution >= 4 is 5.97 Å². The second-order valence-electron chi connectivity index (χ2n) is 8.41. The van der Waals surface area contributed by atoms with Crippen LogP contribution >= 0.6 is 0 Å². The zero-order chi connectivity index (χ0) is 23.3. The summed E-state index contributed by atoms with van der Waals surface area (Å²) in [6.45, 7) is 0. The largest absolute Gasteiger partial charge is 0.486 e. The molecule has 4 nitrogen and oxygen atoms in total. The summed E-state index contributed by atoms with van der Waals surface area (Å²) in [5.74, 6) is -1.20. The highest BCUT2D eigenvalue weighted by Gasteiger charge is 2.44.